The zero-order valence-electron chi connectivity index (χ0n) is 20.0. The van der Waals surface area contributed by atoms with Gasteiger partial charge in [0, 0.05) is 12.8 Å². The number of carbonyl (C=O) groups excluding carboxylic acids is 2. The largest absolute Gasteiger partial charge is 0.480 e. The van der Waals surface area contributed by atoms with Crippen molar-refractivity contribution in [1.82, 2.24) is 5.32 Å². The molecule has 0 saturated carbocycles. The van der Waals surface area contributed by atoms with E-state index in [1.807, 2.05) is 5.32 Å². The van der Waals surface area contributed by atoms with Crippen LogP contribution in [0.4, 0.5) is 61.9 Å². The Morgan fingerprint density at radius 1 is 0.780 bits per heavy atom. The van der Waals surface area contributed by atoms with E-state index in [9.17, 15) is 71.5 Å². The number of carbonyl (C=O) groups is 3. The van der Waals surface area contributed by atoms with E-state index >= 15 is 0 Å². The Morgan fingerprint density at radius 3 is 1.68 bits per heavy atom. The molecule has 41 heavy (non-hydrogen) atoms. The van der Waals surface area contributed by atoms with Gasteiger partial charge in [-0.05, 0) is 24.0 Å². The summed E-state index contributed by atoms with van der Waals surface area (Å²) in [6.07, 6.45) is -13.2. The fraction of sp³-hybridized carbons (Fsp3) is 0.571. The van der Waals surface area contributed by atoms with Gasteiger partial charge in [-0.15, -0.1) is 0 Å². The monoisotopic (exact) mass is 626 g/mol. The number of nitrogens with two attached hydrogens (primary N) is 1. The third-order valence-electron chi connectivity index (χ3n) is 5.39. The zero-order valence-corrected chi connectivity index (χ0v) is 20.0. The van der Waals surface area contributed by atoms with Gasteiger partial charge in [-0.2, -0.15) is 57.1 Å². The fourth-order valence-corrected chi connectivity index (χ4v) is 2.94. The molecular formula is C21H19F13N2O5. The predicted octanol–water partition coefficient (Wildman–Crippen LogP) is 5.30. The second-order valence-electron chi connectivity index (χ2n) is 8.43. The first-order chi connectivity index (χ1) is 18.3. The molecule has 234 valence electrons. The Morgan fingerprint density at radius 2 is 1.24 bits per heavy atom. The van der Waals surface area contributed by atoms with Crippen molar-refractivity contribution in [2.75, 3.05) is 0 Å². The first kappa shape index (κ1) is 35.5. The topological polar surface area (TPSA) is 119 Å². The number of aliphatic carboxylic acids is 1. The maximum absolute atomic E-state index is 13.9. The van der Waals surface area contributed by atoms with Gasteiger partial charge in [0.2, 0.25) is 5.91 Å². The molecular weight excluding hydrogens is 607 g/mol. The number of hydrogen-bond donors (Lipinski definition) is 3. The van der Waals surface area contributed by atoms with Gasteiger partial charge in [0.1, 0.15) is 12.6 Å². The van der Waals surface area contributed by atoms with E-state index in [-0.39, 0.29) is 17.5 Å². The van der Waals surface area contributed by atoms with E-state index in [4.69, 9.17) is 15.6 Å². The number of alkyl halides is 13. The van der Waals surface area contributed by atoms with E-state index in [0.717, 1.165) is 24.3 Å². The van der Waals surface area contributed by atoms with E-state index in [1.54, 1.807) is 0 Å². The van der Waals surface area contributed by atoms with Crippen molar-refractivity contribution in [2.24, 2.45) is 5.73 Å². The molecule has 0 aromatic heterocycles. The molecule has 0 bridgehead atoms. The highest BCUT2D eigenvalue weighted by Crippen LogP contribution is 2.60. The molecule has 0 fully saturated rings. The van der Waals surface area contributed by atoms with Crippen LogP contribution in [0.25, 0.3) is 0 Å². The molecule has 0 heterocycles. The molecule has 0 aliphatic carbocycles. The number of carboxylic acid groups (broad SMARTS) is 1. The molecule has 0 aliphatic rings. The average Bonchev–Trinajstić information content (AvgIpc) is 2.83. The lowest BCUT2D eigenvalue weighted by atomic mass is 9.91. The molecule has 2 amide bonds. The van der Waals surface area contributed by atoms with E-state index in [1.165, 1.54) is 0 Å². The van der Waals surface area contributed by atoms with Gasteiger partial charge >= 0.3 is 47.9 Å². The zero-order chi connectivity index (χ0) is 32.2. The van der Waals surface area contributed by atoms with Crippen molar-refractivity contribution in [3.05, 3.63) is 35.4 Å². The number of alkyl carbamates (subject to hydrolysis) is 1. The standard InChI is InChI=1S/C21H19F13N2O5/c22-16(23,17(24,25)18(26,27)19(28,29)20(30,31)21(32,33)34)8-7-10-1-3-11(4-2-10)9-41-15(40)36-12(14(38)39)5-6-13(35)37/h1-4,12H,5-9H2,(H2,35,37)(H,36,40)(H,38,39)/t12-/m1/s1. The quantitative estimate of drug-likeness (QED) is 0.242. The number of aryl methyl sites for hydroxylation is 1. The van der Waals surface area contributed by atoms with E-state index < -0.39 is 85.7 Å². The van der Waals surface area contributed by atoms with Gasteiger partial charge < -0.3 is 20.9 Å². The molecule has 1 aromatic carbocycles. The van der Waals surface area contributed by atoms with E-state index in [0.29, 0.717) is 0 Å². The molecule has 0 saturated heterocycles. The summed E-state index contributed by atoms with van der Waals surface area (Å²) in [6.45, 7) is -0.600. The van der Waals surface area contributed by atoms with Crippen molar-refractivity contribution >= 4 is 18.0 Å². The molecule has 1 rings (SSSR count). The van der Waals surface area contributed by atoms with Gasteiger partial charge in [-0.1, -0.05) is 24.3 Å². The maximum atomic E-state index is 13.9. The van der Waals surface area contributed by atoms with Crippen molar-refractivity contribution in [3.63, 3.8) is 0 Å². The normalized spacial score (nSPS) is 14.4. The summed E-state index contributed by atoms with van der Waals surface area (Å²) in [6, 6.07) is 2.20. The summed E-state index contributed by atoms with van der Waals surface area (Å²) in [5.74, 6) is -39.6. The number of nitrogens with one attached hydrogen (secondary N) is 1. The summed E-state index contributed by atoms with van der Waals surface area (Å²) < 4.78 is 176. The summed E-state index contributed by atoms with van der Waals surface area (Å²) in [7, 11) is 0. The first-order valence-electron chi connectivity index (χ1n) is 10.8. The predicted molar refractivity (Wildman–Crippen MR) is 109 cm³/mol. The average molecular weight is 626 g/mol. The molecule has 1 aromatic rings. The Bertz CT molecular complexity index is 1090. The van der Waals surface area contributed by atoms with Gasteiger partial charge in [0.15, 0.2) is 0 Å². The second-order valence-corrected chi connectivity index (χ2v) is 8.43. The van der Waals surface area contributed by atoms with Crippen LogP contribution < -0.4 is 11.1 Å². The highest BCUT2D eigenvalue weighted by molar-refractivity contribution is 5.81. The fourth-order valence-electron chi connectivity index (χ4n) is 2.94. The summed E-state index contributed by atoms with van der Waals surface area (Å²) in [5, 5.41) is 10.9. The van der Waals surface area contributed by atoms with Crippen LogP contribution in [0.1, 0.15) is 30.4 Å². The number of halogens is 13. The van der Waals surface area contributed by atoms with Crippen LogP contribution in [0.3, 0.4) is 0 Å². The number of primary amides is 1. The van der Waals surface area contributed by atoms with Crippen molar-refractivity contribution < 1.29 is 81.3 Å². The summed E-state index contributed by atoms with van der Waals surface area (Å²) in [4.78, 5) is 33.5. The minimum atomic E-state index is -7.97. The van der Waals surface area contributed by atoms with Crippen molar-refractivity contribution in [2.45, 2.75) is 74.1 Å². The van der Waals surface area contributed by atoms with Crippen LogP contribution in [0.5, 0.6) is 0 Å². The lowest BCUT2D eigenvalue weighted by molar-refractivity contribution is -0.440. The van der Waals surface area contributed by atoms with Crippen LogP contribution in [-0.4, -0.2) is 64.9 Å². The maximum Gasteiger partial charge on any atom is 0.460 e. The number of benzene rings is 1. The molecule has 0 unspecified atom stereocenters. The minimum Gasteiger partial charge on any atom is -0.480 e. The molecule has 0 aliphatic heterocycles. The third kappa shape index (κ3) is 7.63. The van der Waals surface area contributed by atoms with Gasteiger partial charge in [-0.25, -0.2) is 9.59 Å². The van der Waals surface area contributed by atoms with Gasteiger partial charge in [-0.3, -0.25) is 4.79 Å². The Kier molecular flexibility index (Phi) is 10.6. The van der Waals surface area contributed by atoms with Crippen LogP contribution in [-0.2, 0) is 27.4 Å². The second kappa shape index (κ2) is 12.2. The van der Waals surface area contributed by atoms with Gasteiger partial charge in [0.05, 0.1) is 0 Å². The van der Waals surface area contributed by atoms with Crippen molar-refractivity contribution in [1.29, 1.82) is 0 Å². The van der Waals surface area contributed by atoms with Gasteiger partial charge in [0.25, 0.3) is 0 Å². The number of hydrogen-bond acceptors (Lipinski definition) is 4. The Hall–Kier alpha value is -3.48. The highest BCUT2D eigenvalue weighted by atomic mass is 19.4. The minimum absolute atomic E-state index is 0.0607. The summed E-state index contributed by atoms with van der Waals surface area (Å²) in [5.41, 5.74) is 4.57. The third-order valence-corrected chi connectivity index (χ3v) is 5.39. The molecule has 0 spiro atoms. The molecule has 4 N–H and O–H groups in total. The highest BCUT2D eigenvalue weighted by Gasteiger charge is 2.90. The van der Waals surface area contributed by atoms with Crippen LogP contribution >= 0.6 is 0 Å². The Balaban J connectivity index is 2.89. The SMILES string of the molecule is NC(=O)CC[C@@H](NC(=O)OCc1ccc(CCC(F)(F)C(F)(F)C(F)(F)C(F)(F)C(F)(F)C(F)(F)F)cc1)C(=O)O. The van der Waals surface area contributed by atoms with E-state index in [2.05, 4.69) is 0 Å². The molecule has 7 nitrogen and oxygen atoms in total. The molecule has 20 heteroatoms. The van der Waals surface area contributed by atoms with Crippen molar-refractivity contribution in [3.8, 4) is 0 Å². The lowest BCUT2D eigenvalue weighted by Gasteiger charge is -2.39. The lowest BCUT2D eigenvalue weighted by Crippen LogP contribution is -2.70. The summed E-state index contributed by atoms with van der Waals surface area (Å²) >= 11 is 0. The number of ether oxygens (including phenoxy) is 1. The smallest absolute Gasteiger partial charge is 0.460 e. The Labute approximate surface area is 220 Å². The van der Waals surface area contributed by atoms with Crippen LogP contribution in [0.15, 0.2) is 24.3 Å². The number of amides is 2. The first-order valence-corrected chi connectivity index (χ1v) is 10.8. The molecule has 0 radical (unpaired) electrons. The number of carboxylic acids is 1. The van der Waals surface area contributed by atoms with Crippen LogP contribution in [0, 0.1) is 0 Å². The number of rotatable bonds is 14. The van der Waals surface area contributed by atoms with Crippen LogP contribution in [0.2, 0.25) is 0 Å². The molecule has 1 atom stereocenters.